The predicted molar refractivity (Wildman–Crippen MR) is 90.3 cm³/mol. The number of carbonyl (C=O) groups excluding carboxylic acids is 2. The van der Waals surface area contributed by atoms with Crippen molar-refractivity contribution >= 4 is 17.5 Å². The number of hydrogen-bond donors (Lipinski definition) is 2. The van der Waals surface area contributed by atoms with Gasteiger partial charge in [0.2, 0.25) is 5.91 Å². The fourth-order valence-electron chi connectivity index (χ4n) is 2.40. The number of nitrogens with one attached hydrogen (secondary N) is 2. The van der Waals surface area contributed by atoms with Crippen molar-refractivity contribution in [3.63, 3.8) is 0 Å². The number of benzene rings is 2. The third kappa shape index (κ3) is 4.42. The summed E-state index contributed by atoms with van der Waals surface area (Å²) in [5.41, 5.74) is 2.43. The van der Waals surface area contributed by atoms with Gasteiger partial charge >= 0.3 is 0 Å². The number of amides is 2. The van der Waals surface area contributed by atoms with Gasteiger partial charge in [-0.2, -0.15) is 0 Å². The molecular formula is C19H20N2O2. The Balaban J connectivity index is 1.53. The van der Waals surface area contributed by atoms with Crippen molar-refractivity contribution in [2.75, 3.05) is 11.9 Å². The number of hydrogen-bond acceptors (Lipinski definition) is 2. The first-order valence-corrected chi connectivity index (χ1v) is 7.95. The minimum Gasteiger partial charge on any atom is -0.352 e. The summed E-state index contributed by atoms with van der Waals surface area (Å²) < 4.78 is 0. The Morgan fingerprint density at radius 2 is 1.78 bits per heavy atom. The maximum absolute atomic E-state index is 12.2. The minimum absolute atomic E-state index is 0.0478. The van der Waals surface area contributed by atoms with Gasteiger partial charge in [-0.3, -0.25) is 9.59 Å². The zero-order valence-electron chi connectivity index (χ0n) is 12.9. The molecule has 4 heteroatoms. The van der Waals surface area contributed by atoms with Gasteiger partial charge in [-0.1, -0.05) is 36.4 Å². The van der Waals surface area contributed by atoms with Crippen LogP contribution in [0.15, 0.2) is 54.6 Å². The molecule has 2 aromatic carbocycles. The van der Waals surface area contributed by atoms with Crippen LogP contribution in [0.4, 0.5) is 5.69 Å². The average molecular weight is 308 g/mol. The topological polar surface area (TPSA) is 58.2 Å². The van der Waals surface area contributed by atoms with Crippen LogP contribution in [0.25, 0.3) is 0 Å². The van der Waals surface area contributed by atoms with Gasteiger partial charge in [0.05, 0.1) is 0 Å². The molecule has 0 spiro atoms. The molecule has 0 bridgehead atoms. The summed E-state index contributed by atoms with van der Waals surface area (Å²) in [4.78, 5) is 24.0. The molecule has 0 aromatic heterocycles. The van der Waals surface area contributed by atoms with E-state index in [1.807, 2.05) is 30.3 Å². The van der Waals surface area contributed by atoms with Crippen LogP contribution in [0.5, 0.6) is 0 Å². The summed E-state index contributed by atoms with van der Waals surface area (Å²) in [6.07, 6.45) is 2.72. The molecule has 23 heavy (non-hydrogen) atoms. The first kappa shape index (κ1) is 15.3. The number of carbonyl (C=O) groups is 2. The van der Waals surface area contributed by atoms with Crippen LogP contribution in [0.3, 0.4) is 0 Å². The van der Waals surface area contributed by atoms with E-state index in [0.29, 0.717) is 17.8 Å². The van der Waals surface area contributed by atoms with Crippen LogP contribution in [-0.2, 0) is 11.2 Å². The molecule has 2 aromatic rings. The molecule has 2 N–H and O–H groups in total. The molecule has 1 aliphatic rings. The summed E-state index contributed by atoms with van der Waals surface area (Å²) >= 11 is 0. The molecule has 118 valence electrons. The van der Waals surface area contributed by atoms with Gasteiger partial charge in [0.1, 0.15) is 0 Å². The van der Waals surface area contributed by atoms with Crippen molar-refractivity contribution < 1.29 is 9.59 Å². The van der Waals surface area contributed by atoms with Crippen LogP contribution in [-0.4, -0.2) is 18.4 Å². The maximum Gasteiger partial charge on any atom is 0.251 e. The third-order valence-corrected chi connectivity index (χ3v) is 3.88. The van der Waals surface area contributed by atoms with Gasteiger partial charge in [0, 0.05) is 23.7 Å². The second kappa shape index (κ2) is 7.09. The lowest BCUT2D eigenvalue weighted by atomic mass is 10.1. The molecule has 4 nitrogen and oxygen atoms in total. The van der Waals surface area contributed by atoms with Gasteiger partial charge < -0.3 is 10.6 Å². The zero-order valence-corrected chi connectivity index (χ0v) is 12.9. The molecule has 0 radical (unpaired) electrons. The Morgan fingerprint density at radius 3 is 2.52 bits per heavy atom. The maximum atomic E-state index is 12.2. The van der Waals surface area contributed by atoms with E-state index in [0.717, 1.165) is 19.3 Å². The lowest BCUT2D eigenvalue weighted by molar-refractivity contribution is -0.117. The molecule has 2 amide bonds. The van der Waals surface area contributed by atoms with Crippen LogP contribution < -0.4 is 10.6 Å². The largest absolute Gasteiger partial charge is 0.352 e. The number of rotatable bonds is 6. The molecule has 0 atom stereocenters. The zero-order chi connectivity index (χ0) is 16.1. The lowest BCUT2D eigenvalue weighted by Gasteiger charge is -2.08. The lowest BCUT2D eigenvalue weighted by Crippen LogP contribution is -2.25. The molecule has 0 saturated heterocycles. The van der Waals surface area contributed by atoms with E-state index in [4.69, 9.17) is 0 Å². The van der Waals surface area contributed by atoms with Crippen LogP contribution in [0.2, 0.25) is 0 Å². The second-order valence-corrected chi connectivity index (χ2v) is 5.84. The average Bonchev–Trinajstić information content (AvgIpc) is 3.41. The van der Waals surface area contributed by atoms with E-state index >= 15 is 0 Å². The van der Waals surface area contributed by atoms with E-state index in [-0.39, 0.29) is 17.7 Å². The summed E-state index contributed by atoms with van der Waals surface area (Å²) in [5.74, 6) is 0.0773. The Kier molecular flexibility index (Phi) is 4.71. The molecule has 0 aliphatic heterocycles. The van der Waals surface area contributed by atoms with E-state index in [2.05, 4.69) is 10.6 Å². The molecule has 0 unspecified atom stereocenters. The quantitative estimate of drug-likeness (QED) is 0.862. The Labute approximate surface area is 135 Å². The summed E-state index contributed by atoms with van der Waals surface area (Å²) in [5, 5.41) is 5.77. The monoisotopic (exact) mass is 308 g/mol. The van der Waals surface area contributed by atoms with E-state index in [1.165, 1.54) is 5.56 Å². The van der Waals surface area contributed by atoms with E-state index < -0.39 is 0 Å². The third-order valence-electron chi connectivity index (χ3n) is 3.88. The first-order valence-electron chi connectivity index (χ1n) is 7.95. The highest BCUT2D eigenvalue weighted by atomic mass is 16.2. The van der Waals surface area contributed by atoms with Crippen molar-refractivity contribution in [1.29, 1.82) is 0 Å². The molecule has 1 saturated carbocycles. The SMILES string of the molecule is O=C(NCCc1ccccc1)c1cccc(NC(=O)C2CC2)c1. The minimum atomic E-state index is -0.122. The van der Waals surface area contributed by atoms with Crippen LogP contribution in [0, 0.1) is 5.92 Å². The smallest absolute Gasteiger partial charge is 0.251 e. The predicted octanol–water partition coefficient (Wildman–Crippen LogP) is 3.01. The van der Waals surface area contributed by atoms with Gasteiger partial charge in [-0.25, -0.2) is 0 Å². The first-order chi connectivity index (χ1) is 11.2. The Hall–Kier alpha value is -2.62. The molecule has 3 rings (SSSR count). The molecule has 1 fully saturated rings. The molecular weight excluding hydrogens is 288 g/mol. The van der Waals surface area contributed by atoms with Crippen LogP contribution >= 0.6 is 0 Å². The highest BCUT2D eigenvalue weighted by Gasteiger charge is 2.29. The van der Waals surface area contributed by atoms with Crippen LogP contribution in [0.1, 0.15) is 28.8 Å². The fraction of sp³-hybridized carbons (Fsp3) is 0.263. The van der Waals surface area contributed by atoms with Crippen molar-refractivity contribution in [3.05, 3.63) is 65.7 Å². The van der Waals surface area contributed by atoms with Gasteiger partial charge in [-0.15, -0.1) is 0 Å². The van der Waals surface area contributed by atoms with Gasteiger partial charge in [-0.05, 0) is 43.0 Å². The van der Waals surface area contributed by atoms with Crippen molar-refractivity contribution in [2.45, 2.75) is 19.3 Å². The van der Waals surface area contributed by atoms with Crippen molar-refractivity contribution in [2.24, 2.45) is 5.92 Å². The van der Waals surface area contributed by atoms with Gasteiger partial charge in [0.15, 0.2) is 0 Å². The summed E-state index contributed by atoms with van der Waals surface area (Å²) in [7, 11) is 0. The highest BCUT2D eigenvalue weighted by molar-refractivity contribution is 5.98. The Bertz CT molecular complexity index is 694. The van der Waals surface area contributed by atoms with E-state index in [9.17, 15) is 9.59 Å². The van der Waals surface area contributed by atoms with Crippen molar-refractivity contribution in [1.82, 2.24) is 5.32 Å². The Morgan fingerprint density at radius 1 is 1.00 bits per heavy atom. The molecule has 1 aliphatic carbocycles. The van der Waals surface area contributed by atoms with Gasteiger partial charge in [0.25, 0.3) is 5.91 Å². The fourth-order valence-corrected chi connectivity index (χ4v) is 2.40. The summed E-state index contributed by atoms with van der Waals surface area (Å²) in [6.45, 7) is 0.585. The summed E-state index contributed by atoms with van der Waals surface area (Å²) in [6, 6.07) is 17.1. The standard InChI is InChI=1S/C19H20N2O2/c22-18(20-12-11-14-5-2-1-3-6-14)16-7-4-8-17(13-16)21-19(23)15-9-10-15/h1-8,13,15H,9-12H2,(H,20,22)(H,21,23). The molecule has 0 heterocycles. The second-order valence-electron chi connectivity index (χ2n) is 5.84. The van der Waals surface area contributed by atoms with E-state index in [1.54, 1.807) is 24.3 Å². The highest BCUT2D eigenvalue weighted by Crippen LogP contribution is 2.30. The van der Waals surface area contributed by atoms with Crippen molar-refractivity contribution in [3.8, 4) is 0 Å². The normalized spacial score (nSPS) is 13.4. The number of anilines is 1.